The highest BCUT2D eigenvalue weighted by molar-refractivity contribution is 7.86. The van der Waals surface area contributed by atoms with Gasteiger partial charge in [-0.05, 0) is 68.1 Å². The van der Waals surface area contributed by atoms with Crippen molar-refractivity contribution in [3.63, 3.8) is 0 Å². The number of H-pyrrole nitrogens is 1. The maximum Gasteiger partial charge on any atom is 0.332 e. The summed E-state index contributed by atoms with van der Waals surface area (Å²) in [6.07, 6.45) is 8.63. The molecule has 0 amide bonds. The van der Waals surface area contributed by atoms with Crippen LogP contribution in [0.2, 0.25) is 0 Å². The van der Waals surface area contributed by atoms with Gasteiger partial charge in [0.25, 0.3) is 0 Å². The van der Waals surface area contributed by atoms with E-state index in [2.05, 4.69) is 15.5 Å². The van der Waals surface area contributed by atoms with Crippen molar-refractivity contribution in [3.8, 4) is 29.2 Å². The van der Waals surface area contributed by atoms with Gasteiger partial charge in [0.1, 0.15) is 11.4 Å². The predicted octanol–water partition coefficient (Wildman–Crippen LogP) is 6.07. The van der Waals surface area contributed by atoms with Gasteiger partial charge in [-0.3, -0.25) is 4.79 Å². The Kier molecular flexibility index (Phi) is 5.35. The van der Waals surface area contributed by atoms with Gasteiger partial charge in [-0.2, -0.15) is 8.42 Å². The highest BCUT2D eigenvalue weighted by Gasteiger charge is 2.27. The lowest BCUT2D eigenvalue weighted by Crippen LogP contribution is -2.21. The second kappa shape index (κ2) is 8.49. The minimum Gasteiger partial charge on any atom is -0.493 e. The number of hydrogen-bond acceptors (Lipinski definition) is 4. The van der Waals surface area contributed by atoms with Crippen molar-refractivity contribution < 1.29 is 17.0 Å². The van der Waals surface area contributed by atoms with Gasteiger partial charge in [-0.1, -0.05) is 24.1 Å². The van der Waals surface area contributed by atoms with E-state index in [1.165, 1.54) is 18.2 Å². The summed E-state index contributed by atoms with van der Waals surface area (Å²) in [5, 5.41) is 1.90. The standard InChI is InChI=1S/C29H23FN2O4S/c1-3-17-11-12-21-24(13-17)31-29-27(21)28(33)23-16-26(36-4-2)22(15-25(23)32(29)19-8-6-9-19)18-7-5-10-20(14-18)37(30,34)35/h1,5,7,10-16,19,31H,4,6,8-9H2,2H3. The van der Waals surface area contributed by atoms with Crippen LogP contribution in [0.25, 0.3) is 44.0 Å². The van der Waals surface area contributed by atoms with E-state index in [0.717, 1.165) is 41.4 Å². The molecule has 37 heavy (non-hydrogen) atoms. The summed E-state index contributed by atoms with van der Waals surface area (Å²) < 4.78 is 45.1. The Morgan fingerprint density at radius 1 is 1.14 bits per heavy atom. The molecule has 0 bridgehead atoms. The molecular formula is C29H23FN2O4S. The third-order valence-corrected chi connectivity index (χ3v) is 8.00. The Labute approximate surface area is 212 Å². The van der Waals surface area contributed by atoms with Crippen molar-refractivity contribution in [3.05, 3.63) is 70.4 Å². The first-order valence-electron chi connectivity index (χ1n) is 12.1. The first-order valence-corrected chi connectivity index (χ1v) is 13.5. The Hall–Kier alpha value is -4.09. The molecule has 0 aliphatic heterocycles. The zero-order valence-corrected chi connectivity index (χ0v) is 20.9. The molecule has 1 fully saturated rings. The summed E-state index contributed by atoms with van der Waals surface area (Å²) in [6, 6.07) is 15.0. The van der Waals surface area contributed by atoms with Crippen LogP contribution in [0.3, 0.4) is 0 Å². The molecule has 2 heterocycles. The number of rotatable bonds is 5. The average Bonchev–Trinajstić information content (AvgIpc) is 3.23. The predicted molar refractivity (Wildman–Crippen MR) is 143 cm³/mol. The highest BCUT2D eigenvalue weighted by atomic mass is 32.3. The smallest absolute Gasteiger partial charge is 0.332 e. The van der Waals surface area contributed by atoms with E-state index in [1.807, 2.05) is 31.2 Å². The molecule has 0 atom stereocenters. The van der Waals surface area contributed by atoms with Gasteiger partial charge in [-0.15, -0.1) is 10.3 Å². The summed E-state index contributed by atoms with van der Waals surface area (Å²) in [5.74, 6) is 3.07. The van der Waals surface area contributed by atoms with Crippen LogP contribution in [0, 0.1) is 12.3 Å². The minimum atomic E-state index is -4.89. The first-order chi connectivity index (χ1) is 17.8. The number of nitrogens with zero attached hydrogens (tertiary/aromatic N) is 1. The van der Waals surface area contributed by atoms with Crippen molar-refractivity contribution in [2.75, 3.05) is 6.61 Å². The quantitative estimate of drug-likeness (QED) is 0.228. The van der Waals surface area contributed by atoms with Gasteiger partial charge in [0.2, 0.25) is 0 Å². The molecule has 1 aliphatic carbocycles. The van der Waals surface area contributed by atoms with Gasteiger partial charge in [-0.25, -0.2) is 0 Å². The topological polar surface area (TPSA) is 81.2 Å². The van der Waals surface area contributed by atoms with Gasteiger partial charge in [0.15, 0.2) is 5.43 Å². The number of nitrogens with one attached hydrogen (secondary N) is 1. The van der Waals surface area contributed by atoms with Crippen LogP contribution in [0.1, 0.15) is 37.8 Å². The number of aromatic nitrogens is 2. The lowest BCUT2D eigenvalue weighted by atomic mass is 9.91. The summed E-state index contributed by atoms with van der Waals surface area (Å²) in [4.78, 5) is 16.9. The molecule has 0 saturated heterocycles. The molecule has 3 aromatic carbocycles. The number of aromatic amines is 1. The van der Waals surface area contributed by atoms with Crippen LogP contribution >= 0.6 is 0 Å². The van der Waals surface area contributed by atoms with Gasteiger partial charge >= 0.3 is 10.2 Å². The summed E-state index contributed by atoms with van der Waals surface area (Å²) in [7, 11) is -4.89. The number of hydrogen-bond donors (Lipinski definition) is 1. The molecule has 2 aromatic heterocycles. The molecule has 5 aromatic rings. The van der Waals surface area contributed by atoms with Crippen molar-refractivity contribution in [2.45, 2.75) is 37.1 Å². The lowest BCUT2D eigenvalue weighted by molar-refractivity contribution is 0.326. The normalized spacial score (nSPS) is 14.2. The molecule has 8 heteroatoms. The Morgan fingerprint density at radius 3 is 2.62 bits per heavy atom. The van der Waals surface area contributed by atoms with Gasteiger partial charge in [0, 0.05) is 28.1 Å². The Bertz CT molecular complexity index is 1940. The SMILES string of the molecule is C#Cc1ccc2c(c1)[nH]c1c2c(=O)c2cc(OCC)c(-c3cccc(S(=O)(=O)F)c3)cc2n1C1CCC1. The van der Waals surface area contributed by atoms with E-state index in [-0.39, 0.29) is 11.5 Å². The molecule has 0 unspecified atom stereocenters. The number of pyridine rings is 1. The molecule has 1 N–H and O–H groups in total. The average molecular weight is 515 g/mol. The van der Waals surface area contributed by atoms with Crippen molar-refractivity contribution in [2.24, 2.45) is 0 Å². The summed E-state index contributed by atoms with van der Waals surface area (Å²) in [6.45, 7) is 2.16. The lowest BCUT2D eigenvalue weighted by Gasteiger charge is -2.31. The van der Waals surface area contributed by atoms with Crippen molar-refractivity contribution >= 4 is 43.1 Å². The Balaban J connectivity index is 1.74. The molecular weight excluding hydrogens is 491 g/mol. The minimum absolute atomic E-state index is 0.132. The van der Waals surface area contributed by atoms with Gasteiger partial charge in [0.05, 0.1) is 27.8 Å². The molecule has 6 rings (SSSR count). The zero-order valence-electron chi connectivity index (χ0n) is 20.0. The van der Waals surface area contributed by atoms with Crippen LogP contribution in [0.5, 0.6) is 5.75 Å². The van der Waals surface area contributed by atoms with Crippen LogP contribution in [0.15, 0.2) is 64.3 Å². The van der Waals surface area contributed by atoms with Crippen molar-refractivity contribution in [1.29, 1.82) is 0 Å². The van der Waals surface area contributed by atoms with Crippen LogP contribution < -0.4 is 10.2 Å². The zero-order chi connectivity index (χ0) is 25.9. The molecule has 186 valence electrons. The maximum absolute atomic E-state index is 13.9. The number of fused-ring (bicyclic) bond motifs is 4. The van der Waals surface area contributed by atoms with Crippen LogP contribution in [0.4, 0.5) is 3.89 Å². The number of benzene rings is 3. The molecule has 1 saturated carbocycles. The largest absolute Gasteiger partial charge is 0.493 e. The molecule has 0 radical (unpaired) electrons. The van der Waals surface area contributed by atoms with E-state index >= 15 is 0 Å². The first kappa shape index (κ1) is 23.3. The monoisotopic (exact) mass is 514 g/mol. The fourth-order valence-electron chi connectivity index (χ4n) is 5.23. The van der Waals surface area contributed by atoms with E-state index in [9.17, 15) is 17.1 Å². The molecule has 6 nitrogen and oxygen atoms in total. The van der Waals surface area contributed by atoms with Crippen molar-refractivity contribution in [1.82, 2.24) is 9.55 Å². The van der Waals surface area contributed by atoms with E-state index in [0.29, 0.717) is 39.8 Å². The second-order valence-corrected chi connectivity index (χ2v) is 10.6. The third kappa shape index (κ3) is 3.69. The second-order valence-electron chi connectivity index (χ2n) is 9.30. The van der Waals surface area contributed by atoms with E-state index < -0.39 is 15.1 Å². The maximum atomic E-state index is 13.9. The number of ether oxygens (including phenoxy) is 1. The van der Waals surface area contributed by atoms with E-state index in [1.54, 1.807) is 12.1 Å². The molecule has 1 aliphatic rings. The molecule has 0 spiro atoms. The number of halogens is 1. The van der Waals surface area contributed by atoms with Crippen LogP contribution in [-0.2, 0) is 10.2 Å². The van der Waals surface area contributed by atoms with E-state index in [4.69, 9.17) is 11.2 Å². The van der Waals surface area contributed by atoms with Gasteiger partial charge < -0.3 is 14.3 Å². The fourth-order valence-corrected chi connectivity index (χ4v) is 5.74. The fraction of sp³-hybridized carbons (Fsp3) is 0.207. The van der Waals surface area contributed by atoms with Crippen LogP contribution in [-0.4, -0.2) is 24.6 Å². The third-order valence-electron chi connectivity index (χ3n) is 7.18. The Morgan fingerprint density at radius 2 is 1.95 bits per heavy atom. The highest BCUT2D eigenvalue weighted by Crippen LogP contribution is 2.41. The summed E-state index contributed by atoms with van der Waals surface area (Å²) >= 11 is 0. The number of terminal acetylenes is 1. The summed E-state index contributed by atoms with van der Waals surface area (Å²) in [5.41, 5.74) is 3.86.